The number of nitrogens with one attached hydrogen (secondary N) is 1. The van der Waals surface area contributed by atoms with Gasteiger partial charge in [0.2, 0.25) is 0 Å². The lowest BCUT2D eigenvalue weighted by atomic mass is 10.1. The summed E-state index contributed by atoms with van der Waals surface area (Å²) in [6.07, 6.45) is 2.40. The van der Waals surface area contributed by atoms with Crippen LogP contribution in [0.25, 0.3) is 10.9 Å². The van der Waals surface area contributed by atoms with Gasteiger partial charge in [0.1, 0.15) is 11.5 Å². The Morgan fingerprint density at radius 2 is 1.86 bits per heavy atom. The fourth-order valence-corrected chi connectivity index (χ4v) is 3.74. The summed E-state index contributed by atoms with van der Waals surface area (Å²) in [5, 5.41) is 15.0. The van der Waals surface area contributed by atoms with Crippen molar-refractivity contribution in [2.24, 2.45) is 0 Å². The van der Waals surface area contributed by atoms with Crippen LogP contribution in [0.3, 0.4) is 0 Å². The fourth-order valence-electron chi connectivity index (χ4n) is 3.62. The topological polar surface area (TPSA) is 67.4 Å². The van der Waals surface area contributed by atoms with Crippen LogP contribution in [0.1, 0.15) is 27.4 Å². The third-order valence-electron chi connectivity index (χ3n) is 4.96. The Kier molecular flexibility index (Phi) is 5.69. The first-order chi connectivity index (χ1) is 14.1. The Labute approximate surface area is 173 Å². The van der Waals surface area contributed by atoms with Gasteiger partial charge in [0.05, 0.1) is 6.26 Å². The van der Waals surface area contributed by atoms with E-state index in [9.17, 15) is 9.90 Å². The minimum absolute atomic E-state index is 0.312. The molecule has 2 heterocycles. The van der Waals surface area contributed by atoms with Gasteiger partial charge < -0.3 is 19.4 Å². The molecule has 0 aliphatic rings. The molecule has 2 aromatic carbocycles. The maximum Gasteiger partial charge on any atom is 0.352 e. The van der Waals surface area contributed by atoms with Gasteiger partial charge in [-0.15, -0.1) is 0 Å². The number of hydrogen-bond acceptors (Lipinski definition) is 3. The maximum absolute atomic E-state index is 12.2. The van der Waals surface area contributed by atoms with Gasteiger partial charge in [0.15, 0.2) is 0 Å². The van der Waals surface area contributed by atoms with Crippen LogP contribution < -0.4 is 5.32 Å². The third kappa shape index (κ3) is 4.21. The molecule has 5 nitrogen and oxygen atoms in total. The van der Waals surface area contributed by atoms with Gasteiger partial charge in [-0.25, -0.2) is 4.79 Å². The lowest BCUT2D eigenvalue weighted by Crippen LogP contribution is -2.19. The van der Waals surface area contributed by atoms with E-state index in [1.807, 2.05) is 65.2 Å². The number of aromatic nitrogens is 1. The SMILES string of the molecule is O=C(O)c1c(CNCCc2ccco2)c2ccccc2n1Cc1ccc(Cl)cc1. The molecule has 0 bridgehead atoms. The van der Waals surface area contributed by atoms with E-state index in [0.29, 0.717) is 30.4 Å². The second-order valence-corrected chi connectivity index (χ2v) is 7.30. The number of rotatable bonds is 8. The van der Waals surface area contributed by atoms with Crippen LogP contribution in [0.2, 0.25) is 5.02 Å². The lowest BCUT2D eigenvalue weighted by Gasteiger charge is -2.10. The number of carboxylic acids is 1. The lowest BCUT2D eigenvalue weighted by molar-refractivity contribution is 0.0684. The van der Waals surface area contributed by atoms with E-state index >= 15 is 0 Å². The molecule has 4 aromatic rings. The number of furan rings is 1. The number of carbonyl (C=O) groups is 1. The van der Waals surface area contributed by atoms with Gasteiger partial charge in [0, 0.05) is 47.5 Å². The van der Waals surface area contributed by atoms with Gasteiger partial charge in [-0.05, 0) is 35.9 Å². The Morgan fingerprint density at radius 3 is 2.59 bits per heavy atom. The van der Waals surface area contributed by atoms with Crippen LogP contribution >= 0.6 is 11.6 Å². The molecular formula is C23H21ClN2O3. The van der Waals surface area contributed by atoms with Crippen molar-refractivity contribution >= 4 is 28.5 Å². The molecule has 0 saturated carbocycles. The average Bonchev–Trinajstić information content (AvgIpc) is 3.34. The van der Waals surface area contributed by atoms with Crippen LogP contribution in [0.5, 0.6) is 0 Å². The highest BCUT2D eigenvalue weighted by atomic mass is 35.5. The molecule has 4 rings (SSSR count). The van der Waals surface area contributed by atoms with Crippen molar-refractivity contribution in [2.75, 3.05) is 6.54 Å². The number of benzene rings is 2. The molecule has 0 unspecified atom stereocenters. The van der Waals surface area contributed by atoms with Crippen LogP contribution in [0.4, 0.5) is 0 Å². The zero-order valence-corrected chi connectivity index (χ0v) is 16.5. The molecule has 2 N–H and O–H groups in total. The summed E-state index contributed by atoms with van der Waals surface area (Å²) in [4.78, 5) is 12.2. The summed E-state index contributed by atoms with van der Waals surface area (Å²) in [5.41, 5.74) is 3.01. The molecule has 148 valence electrons. The van der Waals surface area contributed by atoms with Gasteiger partial charge in [-0.3, -0.25) is 0 Å². The van der Waals surface area contributed by atoms with Gasteiger partial charge in [0.25, 0.3) is 0 Å². The van der Waals surface area contributed by atoms with Gasteiger partial charge >= 0.3 is 5.97 Å². The summed E-state index contributed by atoms with van der Waals surface area (Å²) in [5.74, 6) is -0.0286. The molecule has 0 atom stereocenters. The predicted molar refractivity (Wildman–Crippen MR) is 114 cm³/mol. The second kappa shape index (κ2) is 8.55. The quantitative estimate of drug-likeness (QED) is 0.404. The molecule has 0 saturated heterocycles. The van der Waals surface area contributed by atoms with Crippen molar-refractivity contribution in [2.45, 2.75) is 19.5 Å². The van der Waals surface area contributed by atoms with Crippen LogP contribution in [-0.4, -0.2) is 22.2 Å². The number of carboxylic acid groups (broad SMARTS) is 1. The van der Waals surface area contributed by atoms with Crippen molar-refractivity contribution in [1.29, 1.82) is 0 Å². The molecule has 0 aliphatic carbocycles. The van der Waals surface area contributed by atoms with E-state index in [1.165, 1.54) is 0 Å². The predicted octanol–water partition coefficient (Wildman–Crippen LogP) is 4.97. The van der Waals surface area contributed by atoms with E-state index < -0.39 is 5.97 Å². The summed E-state index contributed by atoms with van der Waals surface area (Å²) in [6, 6.07) is 19.1. The molecule has 29 heavy (non-hydrogen) atoms. The molecule has 0 fully saturated rings. The summed E-state index contributed by atoms with van der Waals surface area (Å²) in [7, 11) is 0. The highest BCUT2D eigenvalue weighted by molar-refractivity contribution is 6.30. The molecule has 0 spiro atoms. The van der Waals surface area contributed by atoms with Crippen molar-refractivity contribution in [3.63, 3.8) is 0 Å². The molecule has 0 amide bonds. The number of para-hydroxylation sites is 1. The number of nitrogens with zero attached hydrogens (tertiary/aromatic N) is 1. The summed E-state index contributed by atoms with van der Waals surface area (Å²) >= 11 is 5.99. The minimum Gasteiger partial charge on any atom is -0.477 e. The molecule has 0 radical (unpaired) electrons. The van der Waals surface area contributed by atoms with Crippen LogP contribution in [0, 0.1) is 0 Å². The van der Waals surface area contributed by atoms with E-state index in [4.69, 9.17) is 16.0 Å². The number of halogens is 1. The number of hydrogen-bond donors (Lipinski definition) is 2. The Balaban J connectivity index is 1.64. The zero-order chi connectivity index (χ0) is 20.2. The Bertz CT molecular complexity index is 1120. The Morgan fingerprint density at radius 1 is 1.07 bits per heavy atom. The van der Waals surface area contributed by atoms with E-state index in [0.717, 1.165) is 34.2 Å². The molecular weight excluding hydrogens is 388 g/mol. The largest absolute Gasteiger partial charge is 0.477 e. The van der Waals surface area contributed by atoms with Crippen molar-refractivity contribution < 1.29 is 14.3 Å². The first kappa shape index (κ1) is 19.3. The van der Waals surface area contributed by atoms with E-state index in [-0.39, 0.29) is 0 Å². The van der Waals surface area contributed by atoms with E-state index in [2.05, 4.69) is 5.32 Å². The maximum atomic E-state index is 12.2. The highest BCUT2D eigenvalue weighted by Crippen LogP contribution is 2.28. The molecule has 0 aliphatic heterocycles. The normalized spacial score (nSPS) is 11.2. The zero-order valence-electron chi connectivity index (χ0n) is 15.8. The number of fused-ring (bicyclic) bond motifs is 1. The smallest absolute Gasteiger partial charge is 0.352 e. The fraction of sp³-hybridized carbons (Fsp3) is 0.174. The summed E-state index contributed by atoms with van der Waals surface area (Å²) in [6.45, 7) is 1.63. The summed E-state index contributed by atoms with van der Waals surface area (Å²) < 4.78 is 7.21. The molecule has 2 aromatic heterocycles. The standard InChI is InChI=1S/C23H21ClN2O3/c24-17-9-7-16(8-10-17)15-26-21-6-2-1-5-19(21)20(22(26)23(27)28)14-25-12-11-18-4-3-13-29-18/h1-10,13,25H,11-12,14-15H2,(H,27,28). The van der Waals surface area contributed by atoms with Crippen molar-refractivity contribution in [3.8, 4) is 0 Å². The third-order valence-corrected chi connectivity index (χ3v) is 5.21. The van der Waals surface area contributed by atoms with Crippen molar-refractivity contribution in [3.05, 3.63) is 94.5 Å². The average molecular weight is 409 g/mol. The Hall–Kier alpha value is -3.02. The van der Waals surface area contributed by atoms with Gasteiger partial charge in [-0.2, -0.15) is 0 Å². The van der Waals surface area contributed by atoms with E-state index in [1.54, 1.807) is 6.26 Å². The first-order valence-electron chi connectivity index (χ1n) is 9.44. The number of aromatic carboxylic acids is 1. The van der Waals surface area contributed by atoms with Crippen LogP contribution in [-0.2, 0) is 19.5 Å². The molecule has 6 heteroatoms. The minimum atomic E-state index is -0.932. The van der Waals surface area contributed by atoms with Crippen LogP contribution in [0.15, 0.2) is 71.3 Å². The van der Waals surface area contributed by atoms with Crippen molar-refractivity contribution in [1.82, 2.24) is 9.88 Å². The highest BCUT2D eigenvalue weighted by Gasteiger charge is 2.22. The monoisotopic (exact) mass is 408 g/mol. The second-order valence-electron chi connectivity index (χ2n) is 6.87. The van der Waals surface area contributed by atoms with Gasteiger partial charge in [-0.1, -0.05) is 41.9 Å². The first-order valence-corrected chi connectivity index (χ1v) is 9.82.